The van der Waals surface area contributed by atoms with Crippen molar-refractivity contribution in [2.24, 2.45) is 0 Å². The molecule has 0 unspecified atom stereocenters. The first kappa shape index (κ1) is 18.6. The van der Waals surface area contributed by atoms with E-state index in [1.807, 2.05) is 0 Å². The number of imide groups is 1. The highest BCUT2D eigenvalue weighted by Gasteiger charge is 2.35. The van der Waals surface area contributed by atoms with Gasteiger partial charge in [-0.15, -0.1) is 0 Å². The third-order valence-corrected chi connectivity index (χ3v) is 4.62. The molecule has 1 aromatic rings. The summed E-state index contributed by atoms with van der Waals surface area (Å²) in [7, 11) is 0. The summed E-state index contributed by atoms with van der Waals surface area (Å²) in [6.07, 6.45) is 6.64. The fourth-order valence-corrected chi connectivity index (χ4v) is 2.96. The zero-order valence-electron chi connectivity index (χ0n) is 13.9. The van der Waals surface area contributed by atoms with Crippen LogP contribution in [0.5, 0.6) is 0 Å². The average Bonchev–Trinajstić information content (AvgIpc) is 2.82. The molecule has 1 aliphatic heterocycles. The summed E-state index contributed by atoms with van der Waals surface area (Å²) in [5.41, 5.74) is 1.32. The van der Waals surface area contributed by atoms with E-state index in [0.29, 0.717) is 23.4 Å². The number of rotatable bonds is 9. The molecule has 1 N–H and O–H groups in total. The van der Waals surface area contributed by atoms with E-state index in [9.17, 15) is 14.4 Å². The fourth-order valence-electron chi connectivity index (χ4n) is 2.82. The lowest BCUT2D eigenvalue weighted by Gasteiger charge is -2.13. The Balaban J connectivity index is 1.96. The molecule has 0 aromatic heterocycles. The number of amides is 3. The van der Waals surface area contributed by atoms with Crippen LogP contribution < -0.4 is 5.32 Å². The SMILES string of the molecule is CCCCCCCCN1C(=O)c2ccc(NC(=O)CBr)cc2C1=O. The molecule has 2 rings (SSSR count). The van der Waals surface area contributed by atoms with E-state index in [0.717, 1.165) is 19.3 Å². The van der Waals surface area contributed by atoms with E-state index in [-0.39, 0.29) is 23.1 Å². The van der Waals surface area contributed by atoms with Gasteiger partial charge < -0.3 is 5.32 Å². The van der Waals surface area contributed by atoms with Crippen LogP contribution in [0.3, 0.4) is 0 Å². The van der Waals surface area contributed by atoms with Crippen LogP contribution in [0.2, 0.25) is 0 Å². The van der Waals surface area contributed by atoms with E-state index in [2.05, 4.69) is 28.2 Å². The predicted molar refractivity (Wildman–Crippen MR) is 97.6 cm³/mol. The van der Waals surface area contributed by atoms with Gasteiger partial charge in [-0.3, -0.25) is 19.3 Å². The first-order valence-electron chi connectivity index (χ1n) is 8.44. The number of nitrogens with zero attached hydrogens (tertiary/aromatic N) is 1. The molecular weight excluding hydrogens is 372 g/mol. The molecule has 1 aromatic carbocycles. The van der Waals surface area contributed by atoms with E-state index in [1.54, 1.807) is 18.2 Å². The third kappa shape index (κ3) is 4.44. The molecule has 0 atom stereocenters. The number of unbranched alkanes of at least 4 members (excludes halogenated alkanes) is 5. The summed E-state index contributed by atoms with van der Waals surface area (Å²) in [6, 6.07) is 4.84. The lowest BCUT2D eigenvalue weighted by Crippen LogP contribution is -2.30. The molecule has 0 saturated heterocycles. The molecule has 3 amide bonds. The van der Waals surface area contributed by atoms with Crippen LogP contribution in [0.25, 0.3) is 0 Å². The molecule has 1 heterocycles. The van der Waals surface area contributed by atoms with Gasteiger partial charge in [0.15, 0.2) is 0 Å². The molecular formula is C18H23BrN2O3. The van der Waals surface area contributed by atoms with E-state index >= 15 is 0 Å². The largest absolute Gasteiger partial charge is 0.325 e. The van der Waals surface area contributed by atoms with Crippen LogP contribution in [0.1, 0.15) is 66.2 Å². The van der Waals surface area contributed by atoms with Gasteiger partial charge in [-0.2, -0.15) is 0 Å². The molecule has 130 valence electrons. The van der Waals surface area contributed by atoms with Crippen molar-refractivity contribution in [3.05, 3.63) is 29.3 Å². The number of halogens is 1. The summed E-state index contributed by atoms with van der Waals surface area (Å²) in [5.74, 6) is -0.698. The Morgan fingerprint density at radius 2 is 1.71 bits per heavy atom. The monoisotopic (exact) mass is 394 g/mol. The number of carbonyl (C=O) groups is 3. The summed E-state index contributed by atoms with van der Waals surface area (Å²) >= 11 is 3.08. The summed E-state index contributed by atoms with van der Waals surface area (Å²) in [5, 5.41) is 2.86. The molecule has 24 heavy (non-hydrogen) atoms. The second-order valence-electron chi connectivity index (χ2n) is 5.97. The van der Waals surface area contributed by atoms with Gasteiger partial charge in [0.2, 0.25) is 5.91 Å². The number of anilines is 1. The minimum absolute atomic E-state index is 0.182. The zero-order chi connectivity index (χ0) is 17.5. The highest BCUT2D eigenvalue weighted by Crippen LogP contribution is 2.26. The second-order valence-corrected chi connectivity index (χ2v) is 6.53. The summed E-state index contributed by atoms with van der Waals surface area (Å²) in [4.78, 5) is 37.6. The standard InChI is InChI=1S/C18H23BrN2O3/c1-2-3-4-5-6-7-10-21-17(23)14-9-8-13(20-16(22)12-19)11-15(14)18(21)24/h8-9,11H,2-7,10,12H2,1H3,(H,20,22). The van der Waals surface area contributed by atoms with Crippen molar-refractivity contribution in [1.82, 2.24) is 4.90 Å². The molecule has 0 fully saturated rings. The molecule has 0 aliphatic carbocycles. The average molecular weight is 395 g/mol. The Morgan fingerprint density at radius 1 is 1.04 bits per heavy atom. The Labute approximate surface area is 150 Å². The maximum atomic E-state index is 12.5. The molecule has 0 saturated carbocycles. The first-order chi connectivity index (χ1) is 11.6. The number of carbonyl (C=O) groups excluding carboxylic acids is 3. The normalized spacial score (nSPS) is 13.3. The van der Waals surface area contributed by atoms with Crippen LogP contribution in [-0.2, 0) is 4.79 Å². The summed E-state index contributed by atoms with van der Waals surface area (Å²) < 4.78 is 0. The van der Waals surface area contributed by atoms with Crippen LogP contribution in [0.15, 0.2) is 18.2 Å². The van der Waals surface area contributed by atoms with Crippen molar-refractivity contribution in [2.75, 3.05) is 17.2 Å². The zero-order valence-corrected chi connectivity index (χ0v) is 15.5. The fraction of sp³-hybridized carbons (Fsp3) is 0.500. The summed E-state index contributed by atoms with van der Waals surface area (Å²) in [6.45, 7) is 2.63. The van der Waals surface area contributed by atoms with Crippen molar-refractivity contribution >= 4 is 39.3 Å². The lowest BCUT2D eigenvalue weighted by molar-refractivity contribution is -0.113. The Morgan fingerprint density at radius 3 is 2.42 bits per heavy atom. The first-order valence-corrected chi connectivity index (χ1v) is 9.56. The van der Waals surface area contributed by atoms with Crippen molar-refractivity contribution in [3.63, 3.8) is 0 Å². The minimum atomic E-state index is -0.265. The molecule has 0 bridgehead atoms. The highest BCUT2D eigenvalue weighted by molar-refractivity contribution is 9.09. The maximum Gasteiger partial charge on any atom is 0.261 e. The van der Waals surface area contributed by atoms with E-state index in [4.69, 9.17) is 0 Å². The van der Waals surface area contributed by atoms with Crippen molar-refractivity contribution < 1.29 is 14.4 Å². The molecule has 0 spiro atoms. The number of hydrogen-bond donors (Lipinski definition) is 1. The van der Waals surface area contributed by atoms with Gasteiger partial charge in [-0.1, -0.05) is 55.0 Å². The van der Waals surface area contributed by atoms with Crippen LogP contribution in [0, 0.1) is 0 Å². The van der Waals surface area contributed by atoms with Gasteiger partial charge >= 0.3 is 0 Å². The van der Waals surface area contributed by atoms with Crippen molar-refractivity contribution in [2.45, 2.75) is 45.4 Å². The molecule has 6 heteroatoms. The smallest absolute Gasteiger partial charge is 0.261 e. The van der Waals surface area contributed by atoms with E-state index < -0.39 is 0 Å². The second kappa shape index (κ2) is 8.97. The van der Waals surface area contributed by atoms with Crippen molar-refractivity contribution in [3.8, 4) is 0 Å². The Hall–Kier alpha value is -1.69. The third-order valence-electron chi connectivity index (χ3n) is 4.11. The van der Waals surface area contributed by atoms with Crippen molar-refractivity contribution in [1.29, 1.82) is 0 Å². The number of nitrogens with one attached hydrogen (secondary N) is 1. The number of alkyl halides is 1. The van der Waals surface area contributed by atoms with Gasteiger partial charge in [0, 0.05) is 12.2 Å². The van der Waals surface area contributed by atoms with Crippen LogP contribution >= 0.6 is 15.9 Å². The van der Waals surface area contributed by atoms with Crippen LogP contribution in [-0.4, -0.2) is 34.5 Å². The molecule has 0 radical (unpaired) electrons. The Bertz CT molecular complexity index is 631. The lowest BCUT2D eigenvalue weighted by atomic mass is 10.1. The van der Waals surface area contributed by atoms with E-state index in [1.165, 1.54) is 24.2 Å². The van der Waals surface area contributed by atoms with Gasteiger partial charge in [-0.25, -0.2) is 0 Å². The quantitative estimate of drug-likeness (QED) is 0.391. The number of benzene rings is 1. The Kier molecular flexibility index (Phi) is 6.97. The molecule has 5 nitrogen and oxygen atoms in total. The number of fused-ring (bicyclic) bond motifs is 1. The van der Waals surface area contributed by atoms with Gasteiger partial charge in [-0.05, 0) is 24.6 Å². The predicted octanol–water partition coefficient (Wildman–Crippen LogP) is 3.98. The minimum Gasteiger partial charge on any atom is -0.325 e. The van der Waals surface area contributed by atoms with Gasteiger partial charge in [0.05, 0.1) is 16.5 Å². The van der Waals surface area contributed by atoms with Gasteiger partial charge in [0.25, 0.3) is 11.8 Å². The maximum absolute atomic E-state index is 12.5. The number of hydrogen-bond acceptors (Lipinski definition) is 3. The highest BCUT2D eigenvalue weighted by atomic mass is 79.9. The molecule has 1 aliphatic rings. The topological polar surface area (TPSA) is 66.5 Å². The van der Waals surface area contributed by atoms with Crippen LogP contribution in [0.4, 0.5) is 5.69 Å². The van der Waals surface area contributed by atoms with Gasteiger partial charge in [0.1, 0.15) is 0 Å².